The number of thiophene rings is 1. The number of aromatic amines is 1. The van der Waals surface area contributed by atoms with Crippen molar-refractivity contribution in [3.05, 3.63) is 11.4 Å². The summed E-state index contributed by atoms with van der Waals surface area (Å²) in [6.07, 6.45) is 2.14. The molecule has 3 rings (SSSR count). The predicted octanol–water partition coefficient (Wildman–Crippen LogP) is 1.86. The van der Waals surface area contributed by atoms with Gasteiger partial charge >= 0.3 is 0 Å². The Balaban J connectivity index is 1.87. The number of nitrogens with two attached hydrogens (primary N) is 1. The van der Waals surface area contributed by atoms with Gasteiger partial charge in [-0.2, -0.15) is 4.98 Å². The first-order valence-electron chi connectivity index (χ1n) is 6.77. The van der Waals surface area contributed by atoms with Crippen molar-refractivity contribution in [1.82, 2.24) is 15.2 Å². The summed E-state index contributed by atoms with van der Waals surface area (Å²) in [7, 11) is 1.66. The fraction of sp³-hybridized carbons (Fsp3) is 0.538. The predicted molar refractivity (Wildman–Crippen MR) is 80.3 cm³/mol. The maximum absolute atomic E-state index is 6.13. The molecule has 0 amide bonds. The van der Waals surface area contributed by atoms with E-state index < -0.39 is 0 Å². The lowest BCUT2D eigenvalue weighted by Gasteiger charge is -2.36. The van der Waals surface area contributed by atoms with E-state index in [1.165, 1.54) is 0 Å². The summed E-state index contributed by atoms with van der Waals surface area (Å²) >= 11 is 1.59. The Hall–Kier alpha value is -1.60. The Bertz CT molecular complexity index is 581. The summed E-state index contributed by atoms with van der Waals surface area (Å²) in [4.78, 5) is 7.75. The van der Waals surface area contributed by atoms with Gasteiger partial charge in [-0.25, -0.2) is 0 Å². The molecule has 7 heteroatoms. The van der Waals surface area contributed by atoms with Gasteiger partial charge in [0, 0.05) is 18.6 Å². The minimum absolute atomic E-state index is 0.182. The zero-order valence-electron chi connectivity index (χ0n) is 11.7. The zero-order chi connectivity index (χ0) is 14.1. The van der Waals surface area contributed by atoms with Gasteiger partial charge in [-0.05, 0) is 31.2 Å². The normalized spacial score (nSPS) is 23.1. The number of aromatic nitrogens is 3. The largest absolute Gasteiger partial charge is 0.495 e. The van der Waals surface area contributed by atoms with Crippen LogP contribution in [0.1, 0.15) is 19.8 Å². The third-order valence-corrected chi connectivity index (χ3v) is 4.74. The van der Waals surface area contributed by atoms with E-state index in [1.54, 1.807) is 18.4 Å². The van der Waals surface area contributed by atoms with Crippen LogP contribution in [0, 0.1) is 0 Å². The molecule has 6 nitrogen and oxygen atoms in total. The van der Waals surface area contributed by atoms with Crippen molar-refractivity contribution >= 4 is 17.3 Å². The van der Waals surface area contributed by atoms with Crippen LogP contribution in [-0.4, -0.2) is 40.9 Å². The molecule has 0 aliphatic carbocycles. The van der Waals surface area contributed by atoms with Crippen LogP contribution < -0.4 is 15.4 Å². The average molecular weight is 293 g/mol. The fourth-order valence-electron chi connectivity index (χ4n) is 2.57. The number of H-pyrrole nitrogens is 1. The summed E-state index contributed by atoms with van der Waals surface area (Å²) in [6, 6.07) is 2.38. The SMILES string of the molecule is COc1ccsc1-c1nc(N2CCCC(N)C2C)n[nH]1. The number of nitrogens with one attached hydrogen (secondary N) is 1. The number of hydrogen-bond acceptors (Lipinski definition) is 6. The van der Waals surface area contributed by atoms with Gasteiger partial charge in [-0.15, -0.1) is 16.4 Å². The van der Waals surface area contributed by atoms with Crippen molar-refractivity contribution in [2.75, 3.05) is 18.6 Å². The molecule has 3 N–H and O–H groups in total. The molecule has 1 aliphatic heterocycles. The molecule has 1 saturated heterocycles. The van der Waals surface area contributed by atoms with Gasteiger partial charge in [0.1, 0.15) is 10.6 Å². The zero-order valence-corrected chi connectivity index (χ0v) is 12.5. The molecule has 2 unspecified atom stereocenters. The first-order valence-corrected chi connectivity index (χ1v) is 7.65. The number of ether oxygens (including phenoxy) is 1. The second-order valence-corrected chi connectivity index (χ2v) is 5.96. The molecular weight excluding hydrogens is 274 g/mol. The second-order valence-electron chi connectivity index (χ2n) is 5.04. The third kappa shape index (κ3) is 2.27. The standard InChI is InChI=1S/C13H19N5OS/c1-8-9(14)4-3-6-18(8)13-15-12(16-17-13)11-10(19-2)5-7-20-11/h5,7-9H,3-4,6,14H2,1-2H3,(H,15,16,17). The minimum atomic E-state index is 0.182. The first kappa shape index (κ1) is 13.4. The lowest BCUT2D eigenvalue weighted by Crippen LogP contribution is -2.50. The molecule has 2 aromatic heterocycles. The Morgan fingerprint density at radius 2 is 2.40 bits per heavy atom. The van der Waals surface area contributed by atoms with Crippen LogP contribution in [0.25, 0.3) is 10.7 Å². The first-order chi connectivity index (χ1) is 9.70. The second kappa shape index (κ2) is 5.41. The van der Waals surface area contributed by atoms with Crippen molar-refractivity contribution in [2.24, 2.45) is 5.73 Å². The number of piperidine rings is 1. The van der Waals surface area contributed by atoms with E-state index in [0.717, 1.165) is 41.8 Å². The smallest absolute Gasteiger partial charge is 0.245 e. The van der Waals surface area contributed by atoms with Crippen LogP contribution in [-0.2, 0) is 0 Å². The van der Waals surface area contributed by atoms with Crippen LogP contribution in [0.3, 0.4) is 0 Å². The topological polar surface area (TPSA) is 80.1 Å². The molecule has 0 saturated carbocycles. The molecule has 2 atom stereocenters. The van der Waals surface area contributed by atoms with E-state index in [9.17, 15) is 0 Å². The Labute approximate surface area is 122 Å². The van der Waals surface area contributed by atoms with Crippen LogP contribution in [0.4, 0.5) is 5.95 Å². The molecule has 2 aromatic rings. The highest BCUT2D eigenvalue weighted by molar-refractivity contribution is 7.13. The van der Waals surface area contributed by atoms with Gasteiger partial charge in [0.25, 0.3) is 0 Å². The molecule has 0 radical (unpaired) electrons. The number of hydrogen-bond donors (Lipinski definition) is 2. The Morgan fingerprint density at radius 1 is 1.55 bits per heavy atom. The van der Waals surface area contributed by atoms with E-state index in [1.807, 2.05) is 11.4 Å². The summed E-state index contributed by atoms with van der Waals surface area (Å²) in [6.45, 7) is 3.08. The van der Waals surface area contributed by atoms with Gasteiger partial charge < -0.3 is 15.4 Å². The highest BCUT2D eigenvalue weighted by atomic mass is 32.1. The van der Waals surface area contributed by atoms with Crippen LogP contribution >= 0.6 is 11.3 Å². The lowest BCUT2D eigenvalue weighted by atomic mass is 9.99. The summed E-state index contributed by atoms with van der Waals surface area (Å²) in [5, 5.41) is 9.33. The Morgan fingerprint density at radius 3 is 3.20 bits per heavy atom. The van der Waals surface area contributed by atoms with E-state index in [4.69, 9.17) is 10.5 Å². The maximum atomic E-state index is 6.13. The monoisotopic (exact) mass is 293 g/mol. The molecule has 1 fully saturated rings. The number of nitrogens with zero attached hydrogens (tertiary/aromatic N) is 3. The minimum Gasteiger partial charge on any atom is -0.495 e. The summed E-state index contributed by atoms with van der Waals surface area (Å²) < 4.78 is 5.32. The fourth-order valence-corrected chi connectivity index (χ4v) is 3.37. The Kier molecular flexibility index (Phi) is 3.62. The van der Waals surface area contributed by atoms with Crippen molar-refractivity contribution in [3.63, 3.8) is 0 Å². The third-order valence-electron chi connectivity index (χ3n) is 3.84. The van der Waals surface area contributed by atoms with Gasteiger partial charge in [-0.1, -0.05) is 0 Å². The van der Waals surface area contributed by atoms with Crippen molar-refractivity contribution in [2.45, 2.75) is 31.8 Å². The quantitative estimate of drug-likeness (QED) is 0.903. The van der Waals surface area contributed by atoms with Gasteiger partial charge in [-0.3, -0.25) is 5.10 Å². The molecule has 0 spiro atoms. The summed E-state index contributed by atoms with van der Waals surface area (Å²) in [5.74, 6) is 2.29. The number of rotatable bonds is 3. The van der Waals surface area contributed by atoms with E-state index in [2.05, 4.69) is 27.0 Å². The molecule has 3 heterocycles. The van der Waals surface area contributed by atoms with Crippen molar-refractivity contribution < 1.29 is 4.74 Å². The molecular formula is C13H19N5OS. The van der Waals surface area contributed by atoms with Gasteiger partial charge in [0.2, 0.25) is 5.95 Å². The van der Waals surface area contributed by atoms with Gasteiger partial charge in [0.05, 0.1) is 7.11 Å². The highest BCUT2D eigenvalue weighted by Crippen LogP contribution is 2.34. The lowest BCUT2D eigenvalue weighted by molar-refractivity contribution is 0.415. The molecule has 108 valence electrons. The summed E-state index contributed by atoms with van der Waals surface area (Å²) in [5.41, 5.74) is 6.13. The number of methoxy groups -OCH3 is 1. The van der Waals surface area contributed by atoms with E-state index >= 15 is 0 Å². The molecule has 1 aliphatic rings. The average Bonchev–Trinajstić information content (AvgIpc) is 3.09. The van der Waals surface area contributed by atoms with Crippen molar-refractivity contribution in [1.29, 1.82) is 0 Å². The molecule has 0 aromatic carbocycles. The van der Waals surface area contributed by atoms with Gasteiger partial charge in [0.15, 0.2) is 5.82 Å². The number of anilines is 1. The molecule has 20 heavy (non-hydrogen) atoms. The van der Waals surface area contributed by atoms with E-state index in [0.29, 0.717) is 0 Å². The van der Waals surface area contributed by atoms with Crippen LogP contribution in [0.2, 0.25) is 0 Å². The maximum Gasteiger partial charge on any atom is 0.245 e. The van der Waals surface area contributed by atoms with Crippen molar-refractivity contribution in [3.8, 4) is 16.5 Å². The van der Waals surface area contributed by atoms with Crippen LogP contribution in [0.5, 0.6) is 5.75 Å². The van der Waals surface area contributed by atoms with Crippen LogP contribution in [0.15, 0.2) is 11.4 Å². The highest BCUT2D eigenvalue weighted by Gasteiger charge is 2.28. The van der Waals surface area contributed by atoms with E-state index in [-0.39, 0.29) is 12.1 Å². The molecule has 0 bridgehead atoms.